The molecule has 0 aliphatic carbocycles. The van der Waals surface area contributed by atoms with E-state index in [1.807, 2.05) is 0 Å². The van der Waals surface area contributed by atoms with E-state index in [9.17, 15) is 24.0 Å². The lowest BCUT2D eigenvalue weighted by Gasteiger charge is -2.34. The first kappa shape index (κ1) is 23.4. The number of carbonyl (C=O) groups excluding carboxylic acids is 5. The Morgan fingerprint density at radius 3 is 1.43 bits per heavy atom. The van der Waals surface area contributed by atoms with Gasteiger partial charge in [0.25, 0.3) is 5.91 Å². The number of imide groups is 2. The van der Waals surface area contributed by atoms with E-state index in [4.69, 9.17) is 14.2 Å². The van der Waals surface area contributed by atoms with Crippen LogP contribution >= 0.6 is 0 Å². The highest BCUT2D eigenvalue weighted by atomic mass is 16.6. The fraction of sp³-hybridized carbons (Fsp3) is 0.722. The lowest BCUT2D eigenvalue weighted by molar-refractivity contribution is -0.184. The number of urea groups is 1. The van der Waals surface area contributed by atoms with Crippen molar-refractivity contribution in [2.75, 3.05) is 0 Å². The van der Waals surface area contributed by atoms with Crippen LogP contribution in [0, 0.1) is 0 Å². The summed E-state index contributed by atoms with van der Waals surface area (Å²) < 4.78 is 15.5. The van der Waals surface area contributed by atoms with Crippen molar-refractivity contribution in [3.63, 3.8) is 0 Å². The molecule has 1 heterocycles. The molecule has 0 radical (unpaired) electrons. The van der Waals surface area contributed by atoms with Gasteiger partial charge < -0.3 is 14.2 Å². The van der Waals surface area contributed by atoms with Gasteiger partial charge in [-0.25, -0.2) is 19.2 Å². The van der Waals surface area contributed by atoms with Crippen LogP contribution in [0.4, 0.5) is 9.59 Å². The van der Waals surface area contributed by atoms with Gasteiger partial charge in [-0.15, -0.1) is 0 Å². The molecule has 1 N–H and O–H groups in total. The molecule has 0 aromatic heterocycles. The number of amides is 4. The van der Waals surface area contributed by atoms with E-state index in [2.05, 4.69) is 0 Å². The van der Waals surface area contributed by atoms with E-state index in [0.717, 1.165) is 0 Å². The molecular weight excluding hydrogens is 372 g/mol. The second-order valence-electron chi connectivity index (χ2n) is 9.29. The van der Waals surface area contributed by atoms with Crippen molar-refractivity contribution in [2.24, 2.45) is 0 Å². The maximum atomic E-state index is 13.0. The van der Waals surface area contributed by atoms with Crippen molar-refractivity contribution in [3.8, 4) is 0 Å². The Morgan fingerprint density at radius 2 is 1.11 bits per heavy atom. The lowest BCUT2D eigenvalue weighted by Crippen LogP contribution is -2.66. The molecule has 158 valence electrons. The minimum absolute atomic E-state index is 0.114. The number of nitrogens with zero attached hydrogens (tertiary/aromatic N) is 1. The molecule has 0 spiro atoms. The summed E-state index contributed by atoms with van der Waals surface area (Å²) in [5.41, 5.74) is -6.33. The Balaban J connectivity index is 3.61. The first-order valence-corrected chi connectivity index (χ1v) is 8.67. The molecule has 0 bridgehead atoms. The van der Waals surface area contributed by atoms with E-state index in [0.29, 0.717) is 0 Å². The van der Waals surface area contributed by atoms with Gasteiger partial charge in [0.2, 0.25) is 0 Å². The number of esters is 2. The van der Waals surface area contributed by atoms with Crippen LogP contribution < -0.4 is 5.32 Å². The maximum Gasteiger partial charge on any atom is 0.420 e. The third-order valence-electron chi connectivity index (χ3n) is 3.05. The molecule has 1 fully saturated rings. The predicted octanol–water partition coefficient (Wildman–Crippen LogP) is 1.90. The summed E-state index contributed by atoms with van der Waals surface area (Å²) in [6, 6.07) is -1.30. The van der Waals surface area contributed by atoms with Crippen molar-refractivity contribution in [1.29, 1.82) is 0 Å². The van der Waals surface area contributed by atoms with E-state index in [-0.39, 0.29) is 4.90 Å². The van der Waals surface area contributed by atoms with Gasteiger partial charge >= 0.3 is 29.6 Å². The van der Waals surface area contributed by atoms with Gasteiger partial charge in [0.05, 0.1) is 0 Å². The van der Waals surface area contributed by atoms with E-state index in [1.165, 1.54) is 62.3 Å². The lowest BCUT2D eigenvalue weighted by atomic mass is 9.97. The fourth-order valence-corrected chi connectivity index (χ4v) is 2.18. The molecule has 10 heteroatoms. The first-order valence-electron chi connectivity index (χ1n) is 8.67. The maximum absolute atomic E-state index is 13.0. The van der Waals surface area contributed by atoms with E-state index in [1.54, 1.807) is 5.32 Å². The minimum Gasteiger partial charge on any atom is -0.457 e. The van der Waals surface area contributed by atoms with Crippen molar-refractivity contribution >= 4 is 30.0 Å². The molecule has 1 saturated heterocycles. The van der Waals surface area contributed by atoms with Gasteiger partial charge in [0.1, 0.15) is 16.8 Å². The van der Waals surface area contributed by atoms with Crippen LogP contribution in [0.15, 0.2) is 0 Å². The number of hydrogen-bond donors (Lipinski definition) is 1. The average molecular weight is 400 g/mol. The molecule has 4 amide bonds. The molecule has 0 atom stereocenters. The third-order valence-corrected chi connectivity index (χ3v) is 3.05. The quantitative estimate of drug-likeness (QED) is 0.322. The normalized spacial score (nSPS) is 17.1. The minimum atomic E-state index is -3.00. The molecule has 0 aromatic carbocycles. The molecule has 10 nitrogen and oxygen atoms in total. The van der Waals surface area contributed by atoms with Crippen molar-refractivity contribution in [3.05, 3.63) is 0 Å². The second kappa shape index (κ2) is 7.06. The Kier molecular flexibility index (Phi) is 5.90. The van der Waals surface area contributed by atoms with Crippen LogP contribution in [-0.2, 0) is 28.6 Å². The van der Waals surface area contributed by atoms with Crippen LogP contribution in [0.5, 0.6) is 0 Å². The topological polar surface area (TPSA) is 128 Å². The molecule has 0 aromatic rings. The van der Waals surface area contributed by atoms with Crippen LogP contribution in [0.2, 0.25) is 0 Å². The Hall–Kier alpha value is -2.65. The summed E-state index contributed by atoms with van der Waals surface area (Å²) in [5.74, 6) is -4.21. The van der Waals surface area contributed by atoms with Crippen LogP contribution in [-0.4, -0.2) is 57.2 Å². The van der Waals surface area contributed by atoms with E-state index >= 15 is 0 Å². The number of rotatable bonds is 2. The zero-order chi connectivity index (χ0) is 22.3. The SMILES string of the molecule is CC(C)(C)OC(=O)N1C(=O)NC(=O)C1(C(=O)OC(C)(C)C)C(=O)OC(C)(C)C. The van der Waals surface area contributed by atoms with Crippen LogP contribution in [0.25, 0.3) is 0 Å². The van der Waals surface area contributed by atoms with Crippen LogP contribution in [0.3, 0.4) is 0 Å². The molecule has 1 aliphatic rings. The van der Waals surface area contributed by atoms with Gasteiger partial charge in [-0.2, -0.15) is 4.90 Å². The number of nitrogens with one attached hydrogen (secondary N) is 1. The highest BCUT2D eigenvalue weighted by Crippen LogP contribution is 2.31. The predicted molar refractivity (Wildman–Crippen MR) is 96.0 cm³/mol. The van der Waals surface area contributed by atoms with Gasteiger partial charge in [-0.3, -0.25) is 10.1 Å². The molecule has 28 heavy (non-hydrogen) atoms. The highest BCUT2D eigenvalue weighted by molar-refractivity contribution is 6.34. The standard InChI is InChI=1S/C18H28N2O8/c1-15(2,3)26-11(22)18(12(23)27-16(4,5)6)10(21)19-13(24)20(18)14(25)28-17(7,8)9/h1-9H3,(H,19,21,24). The smallest absolute Gasteiger partial charge is 0.420 e. The van der Waals surface area contributed by atoms with E-state index < -0.39 is 52.3 Å². The second-order valence-corrected chi connectivity index (χ2v) is 9.29. The molecule has 1 rings (SSSR count). The number of carbonyl (C=O) groups is 5. The Labute approximate surface area is 163 Å². The van der Waals surface area contributed by atoms with Gasteiger partial charge in [-0.05, 0) is 62.3 Å². The molecule has 1 aliphatic heterocycles. The van der Waals surface area contributed by atoms with Crippen molar-refractivity contribution < 1.29 is 38.2 Å². The van der Waals surface area contributed by atoms with Crippen molar-refractivity contribution in [1.82, 2.24) is 10.2 Å². The fourth-order valence-electron chi connectivity index (χ4n) is 2.18. The largest absolute Gasteiger partial charge is 0.457 e. The number of hydrogen-bond acceptors (Lipinski definition) is 8. The summed E-state index contributed by atoms with van der Waals surface area (Å²) in [4.78, 5) is 63.7. The van der Waals surface area contributed by atoms with Crippen LogP contribution in [0.1, 0.15) is 62.3 Å². The van der Waals surface area contributed by atoms with Gasteiger partial charge in [0, 0.05) is 0 Å². The third kappa shape index (κ3) is 4.99. The average Bonchev–Trinajstić information content (AvgIpc) is 2.64. The zero-order valence-electron chi connectivity index (χ0n) is 17.7. The molecule has 0 saturated carbocycles. The molecular formula is C18H28N2O8. The highest BCUT2D eigenvalue weighted by Gasteiger charge is 2.70. The first-order chi connectivity index (χ1) is 12.3. The summed E-state index contributed by atoms with van der Waals surface area (Å²) >= 11 is 0. The Morgan fingerprint density at radius 1 is 0.750 bits per heavy atom. The Bertz CT molecular complexity index is 679. The van der Waals surface area contributed by atoms with Gasteiger partial charge in [-0.1, -0.05) is 0 Å². The number of ether oxygens (including phenoxy) is 3. The van der Waals surface area contributed by atoms with Gasteiger partial charge in [0.15, 0.2) is 0 Å². The zero-order valence-corrected chi connectivity index (χ0v) is 17.7. The van der Waals surface area contributed by atoms with Crippen molar-refractivity contribution in [2.45, 2.75) is 84.7 Å². The monoisotopic (exact) mass is 400 g/mol. The summed E-state index contributed by atoms with van der Waals surface area (Å²) in [5, 5.41) is 1.80. The summed E-state index contributed by atoms with van der Waals surface area (Å²) in [6.45, 7) is 13.6. The summed E-state index contributed by atoms with van der Waals surface area (Å²) in [7, 11) is 0. The molecule has 0 unspecified atom stereocenters. The summed E-state index contributed by atoms with van der Waals surface area (Å²) in [6.07, 6.45) is -1.37.